The van der Waals surface area contributed by atoms with E-state index < -0.39 is 0 Å². The number of benzene rings is 1. The predicted molar refractivity (Wildman–Crippen MR) is 82.8 cm³/mol. The number of nitrogens with zero attached hydrogens (tertiary/aromatic N) is 3. The first-order valence-corrected chi connectivity index (χ1v) is 7.36. The highest BCUT2D eigenvalue weighted by Gasteiger charge is 2.20. The van der Waals surface area contributed by atoms with Crippen LogP contribution in [0.3, 0.4) is 0 Å². The standard InChI is InChI=1S/C17H19N3O/c21-17(19-10-4-5-11-19)16-13-18-20(14-16)12-6-9-15-7-2-1-3-8-15/h1-3,6-9,13-14H,4-5,10-12H2. The molecule has 4 nitrogen and oxygen atoms in total. The highest BCUT2D eigenvalue weighted by molar-refractivity contribution is 5.93. The monoisotopic (exact) mass is 281 g/mol. The normalized spacial score (nSPS) is 15.0. The molecule has 0 bridgehead atoms. The van der Waals surface area contributed by atoms with Gasteiger partial charge in [0, 0.05) is 19.3 Å². The second-order valence-corrected chi connectivity index (χ2v) is 5.26. The Labute approximate surface area is 124 Å². The van der Waals surface area contributed by atoms with Gasteiger partial charge >= 0.3 is 0 Å². The third kappa shape index (κ3) is 3.40. The molecular formula is C17H19N3O. The van der Waals surface area contributed by atoms with Crippen molar-refractivity contribution in [2.45, 2.75) is 19.4 Å². The molecule has 1 aliphatic heterocycles. The highest BCUT2D eigenvalue weighted by Crippen LogP contribution is 2.12. The summed E-state index contributed by atoms with van der Waals surface area (Å²) in [5.41, 5.74) is 1.85. The maximum Gasteiger partial charge on any atom is 0.257 e. The maximum absolute atomic E-state index is 12.2. The van der Waals surface area contributed by atoms with E-state index in [4.69, 9.17) is 0 Å². The number of carbonyl (C=O) groups is 1. The van der Waals surface area contributed by atoms with E-state index in [0.29, 0.717) is 12.1 Å². The predicted octanol–water partition coefficient (Wildman–Crippen LogP) is 2.83. The lowest BCUT2D eigenvalue weighted by Gasteiger charge is -2.13. The van der Waals surface area contributed by atoms with Crippen LogP contribution in [0.1, 0.15) is 28.8 Å². The Kier molecular flexibility index (Phi) is 4.15. The summed E-state index contributed by atoms with van der Waals surface area (Å²) in [4.78, 5) is 14.1. The quantitative estimate of drug-likeness (QED) is 0.864. The minimum absolute atomic E-state index is 0.103. The molecule has 108 valence electrons. The van der Waals surface area contributed by atoms with Gasteiger partial charge < -0.3 is 4.90 Å². The van der Waals surface area contributed by atoms with Gasteiger partial charge in [0.25, 0.3) is 5.91 Å². The fraction of sp³-hybridized carbons (Fsp3) is 0.294. The van der Waals surface area contributed by atoms with Crippen LogP contribution in [0.15, 0.2) is 48.8 Å². The van der Waals surface area contributed by atoms with Crippen molar-refractivity contribution < 1.29 is 4.79 Å². The number of hydrogen-bond acceptors (Lipinski definition) is 2. The molecule has 2 aromatic rings. The molecule has 1 aromatic heterocycles. The molecule has 0 atom stereocenters. The summed E-state index contributed by atoms with van der Waals surface area (Å²) in [6.45, 7) is 2.41. The molecule has 0 unspecified atom stereocenters. The van der Waals surface area contributed by atoms with Crippen LogP contribution in [0.4, 0.5) is 0 Å². The van der Waals surface area contributed by atoms with Crippen molar-refractivity contribution >= 4 is 12.0 Å². The maximum atomic E-state index is 12.2. The molecule has 21 heavy (non-hydrogen) atoms. The smallest absolute Gasteiger partial charge is 0.257 e. The summed E-state index contributed by atoms with van der Waals surface area (Å²) in [5.74, 6) is 0.103. The Bertz CT molecular complexity index is 624. The Balaban J connectivity index is 1.60. The number of aromatic nitrogens is 2. The van der Waals surface area contributed by atoms with E-state index in [1.54, 1.807) is 10.9 Å². The average molecular weight is 281 g/mol. The minimum Gasteiger partial charge on any atom is -0.339 e. The fourth-order valence-electron chi connectivity index (χ4n) is 2.54. The van der Waals surface area contributed by atoms with E-state index in [1.165, 1.54) is 0 Å². The molecule has 1 aromatic carbocycles. The van der Waals surface area contributed by atoms with Gasteiger partial charge in [0.2, 0.25) is 0 Å². The number of amides is 1. The summed E-state index contributed by atoms with van der Waals surface area (Å²) in [7, 11) is 0. The summed E-state index contributed by atoms with van der Waals surface area (Å²) >= 11 is 0. The van der Waals surface area contributed by atoms with Gasteiger partial charge in [-0.2, -0.15) is 5.10 Å². The Morgan fingerprint density at radius 1 is 1.19 bits per heavy atom. The molecule has 2 heterocycles. The van der Waals surface area contributed by atoms with Crippen molar-refractivity contribution in [3.63, 3.8) is 0 Å². The summed E-state index contributed by atoms with van der Waals surface area (Å²) in [6, 6.07) is 10.1. The van der Waals surface area contributed by atoms with Crippen molar-refractivity contribution in [1.82, 2.24) is 14.7 Å². The van der Waals surface area contributed by atoms with Crippen molar-refractivity contribution in [2.75, 3.05) is 13.1 Å². The van der Waals surface area contributed by atoms with Crippen molar-refractivity contribution in [3.05, 3.63) is 59.9 Å². The molecule has 0 saturated carbocycles. The minimum atomic E-state index is 0.103. The van der Waals surface area contributed by atoms with Crippen LogP contribution in [0.2, 0.25) is 0 Å². The van der Waals surface area contributed by atoms with Crippen molar-refractivity contribution in [3.8, 4) is 0 Å². The van der Waals surface area contributed by atoms with Crippen molar-refractivity contribution in [2.24, 2.45) is 0 Å². The van der Waals surface area contributed by atoms with Crippen LogP contribution in [0.25, 0.3) is 6.08 Å². The number of hydrogen-bond donors (Lipinski definition) is 0. The first-order chi connectivity index (χ1) is 10.3. The van der Waals surface area contributed by atoms with Crippen LogP contribution in [-0.2, 0) is 6.54 Å². The van der Waals surface area contributed by atoms with Crippen LogP contribution >= 0.6 is 0 Å². The summed E-state index contributed by atoms with van der Waals surface area (Å²) in [5, 5.41) is 4.26. The van der Waals surface area contributed by atoms with E-state index in [2.05, 4.69) is 23.3 Å². The van der Waals surface area contributed by atoms with Crippen molar-refractivity contribution in [1.29, 1.82) is 0 Å². The van der Waals surface area contributed by atoms with Crippen LogP contribution in [0.5, 0.6) is 0 Å². The summed E-state index contributed by atoms with van der Waals surface area (Å²) < 4.78 is 1.79. The van der Waals surface area contributed by atoms with E-state index in [0.717, 1.165) is 31.5 Å². The third-order valence-electron chi connectivity index (χ3n) is 3.68. The number of likely N-dealkylation sites (tertiary alicyclic amines) is 1. The van der Waals surface area contributed by atoms with Gasteiger partial charge in [0.05, 0.1) is 18.3 Å². The molecule has 0 aliphatic carbocycles. The Hall–Kier alpha value is -2.36. The van der Waals surface area contributed by atoms with Gasteiger partial charge in [0.1, 0.15) is 0 Å². The van der Waals surface area contributed by atoms with Crippen LogP contribution < -0.4 is 0 Å². The van der Waals surface area contributed by atoms with Crippen LogP contribution in [0, 0.1) is 0 Å². The largest absolute Gasteiger partial charge is 0.339 e. The molecule has 3 rings (SSSR count). The molecule has 0 N–H and O–H groups in total. The lowest BCUT2D eigenvalue weighted by molar-refractivity contribution is 0.0792. The molecule has 1 saturated heterocycles. The lowest BCUT2D eigenvalue weighted by Crippen LogP contribution is -2.27. The van der Waals surface area contributed by atoms with Gasteiger partial charge in [-0.15, -0.1) is 0 Å². The second-order valence-electron chi connectivity index (χ2n) is 5.26. The molecule has 1 amide bonds. The zero-order valence-electron chi connectivity index (χ0n) is 12.0. The van der Waals surface area contributed by atoms with E-state index in [9.17, 15) is 4.79 Å². The van der Waals surface area contributed by atoms with Gasteiger partial charge in [-0.05, 0) is 18.4 Å². The topological polar surface area (TPSA) is 38.1 Å². The number of rotatable bonds is 4. The molecule has 1 aliphatic rings. The first-order valence-electron chi connectivity index (χ1n) is 7.36. The second kappa shape index (κ2) is 6.39. The first kappa shape index (κ1) is 13.6. The number of carbonyl (C=O) groups excluding carboxylic acids is 1. The van der Waals surface area contributed by atoms with E-state index >= 15 is 0 Å². The SMILES string of the molecule is O=C(c1cnn(CC=Cc2ccccc2)c1)N1CCCC1. The fourth-order valence-corrected chi connectivity index (χ4v) is 2.54. The Morgan fingerprint density at radius 2 is 1.95 bits per heavy atom. The third-order valence-corrected chi connectivity index (χ3v) is 3.68. The summed E-state index contributed by atoms with van der Waals surface area (Å²) in [6.07, 6.45) is 9.82. The van der Waals surface area contributed by atoms with E-state index in [1.807, 2.05) is 35.4 Å². The van der Waals surface area contributed by atoms with Gasteiger partial charge in [-0.1, -0.05) is 42.5 Å². The zero-order valence-corrected chi connectivity index (χ0v) is 12.0. The molecule has 4 heteroatoms. The molecular weight excluding hydrogens is 262 g/mol. The lowest BCUT2D eigenvalue weighted by atomic mass is 10.2. The molecule has 1 fully saturated rings. The van der Waals surface area contributed by atoms with Gasteiger partial charge in [0.15, 0.2) is 0 Å². The molecule has 0 radical (unpaired) electrons. The van der Waals surface area contributed by atoms with Crippen LogP contribution in [-0.4, -0.2) is 33.7 Å². The van der Waals surface area contributed by atoms with Gasteiger partial charge in [-0.3, -0.25) is 9.48 Å². The Morgan fingerprint density at radius 3 is 2.71 bits per heavy atom. The highest BCUT2D eigenvalue weighted by atomic mass is 16.2. The van der Waals surface area contributed by atoms with Gasteiger partial charge in [-0.25, -0.2) is 0 Å². The van der Waals surface area contributed by atoms with E-state index in [-0.39, 0.29) is 5.91 Å². The average Bonchev–Trinajstić information content (AvgIpc) is 3.19. The number of allylic oxidation sites excluding steroid dienone is 1. The zero-order chi connectivity index (χ0) is 14.5. The molecule has 0 spiro atoms.